The van der Waals surface area contributed by atoms with Crippen LogP contribution >= 0.6 is 0 Å². The van der Waals surface area contributed by atoms with Crippen LogP contribution in [0.2, 0.25) is 0 Å². The Hall–Kier alpha value is -4.46. The van der Waals surface area contributed by atoms with Crippen molar-refractivity contribution in [2.75, 3.05) is 31.2 Å². The quantitative estimate of drug-likeness (QED) is 0.139. The van der Waals surface area contributed by atoms with Crippen LogP contribution in [0.5, 0.6) is 0 Å². The van der Waals surface area contributed by atoms with E-state index >= 15 is 0 Å². The number of azo groups is 2. The third-order valence-corrected chi connectivity index (χ3v) is 7.26. The van der Waals surface area contributed by atoms with Gasteiger partial charge in [0.15, 0.2) is 0 Å². The van der Waals surface area contributed by atoms with Crippen LogP contribution in [0.4, 0.5) is 28.4 Å². The van der Waals surface area contributed by atoms with Gasteiger partial charge in [0.25, 0.3) is 0 Å². The van der Waals surface area contributed by atoms with Crippen LogP contribution in [0.25, 0.3) is 0 Å². The summed E-state index contributed by atoms with van der Waals surface area (Å²) >= 11 is 0. The number of rotatable bonds is 15. The maximum atomic E-state index is 12.7. The normalized spacial score (nSPS) is 13.5. The van der Waals surface area contributed by atoms with Crippen LogP contribution in [-0.2, 0) is 9.53 Å². The van der Waals surface area contributed by atoms with Gasteiger partial charge in [-0.05, 0) is 99.0 Å². The van der Waals surface area contributed by atoms with Gasteiger partial charge in [-0.3, -0.25) is 4.79 Å². The minimum atomic E-state index is -0.939. The van der Waals surface area contributed by atoms with Crippen LogP contribution in [0.1, 0.15) is 51.2 Å². The highest BCUT2D eigenvalue weighted by molar-refractivity contribution is 5.76. The molecule has 10 heteroatoms. The molecule has 3 rings (SSSR count). The first kappa shape index (κ1) is 33.0. The number of benzene rings is 3. The van der Waals surface area contributed by atoms with Crippen molar-refractivity contribution in [3.8, 4) is 6.07 Å². The fourth-order valence-electron chi connectivity index (χ4n) is 4.41. The van der Waals surface area contributed by atoms with Crippen LogP contribution in [0.15, 0.2) is 87.2 Å². The molecule has 43 heavy (non-hydrogen) atoms. The highest BCUT2D eigenvalue weighted by Gasteiger charge is 2.32. The summed E-state index contributed by atoms with van der Waals surface area (Å²) in [6.07, 6.45) is 1.43. The summed E-state index contributed by atoms with van der Waals surface area (Å²) in [5, 5.41) is 45.6. The summed E-state index contributed by atoms with van der Waals surface area (Å²) in [6.45, 7) is 8.23. The summed E-state index contributed by atoms with van der Waals surface area (Å²) in [5.41, 5.74) is 4.39. The van der Waals surface area contributed by atoms with Crippen molar-refractivity contribution in [2.45, 2.75) is 53.1 Å². The van der Waals surface area contributed by atoms with E-state index in [-0.39, 0.29) is 25.7 Å². The molecule has 3 aromatic rings. The van der Waals surface area contributed by atoms with E-state index in [0.29, 0.717) is 41.3 Å². The topological polar surface area (TPSA) is 143 Å². The molecule has 10 nitrogen and oxygen atoms in total. The number of carbonyl (C=O) groups is 1. The fourth-order valence-corrected chi connectivity index (χ4v) is 4.41. The number of nitrogens with zero attached hydrogens (tertiary/aromatic N) is 6. The summed E-state index contributed by atoms with van der Waals surface area (Å²) in [4.78, 5) is 14.6. The molecule has 0 aliphatic carbocycles. The molecule has 2 N–H and O–H groups in total. The third-order valence-electron chi connectivity index (χ3n) is 7.26. The molecule has 0 fully saturated rings. The van der Waals surface area contributed by atoms with E-state index in [2.05, 4.69) is 33.4 Å². The predicted molar refractivity (Wildman–Crippen MR) is 167 cm³/mol. The highest BCUT2D eigenvalue weighted by Crippen LogP contribution is 2.30. The second kappa shape index (κ2) is 16.2. The van der Waals surface area contributed by atoms with Crippen LogP contribution in [-0.4, -0.2) is 48.6 Å². The average molecular weight is 585 g/mol. The molecule has 0 bridgehead atoms. The van der Waals surface area contributed by atoms with Crippen molar-refractivity contribution >= 4 is 34.4 Å². The molecule has 226 valence electrons. The summed E-state index contributed by atoms with van der Waals surface area (Å²) in [7, 11) is 0. The zero-order valence-electron chi connectivity index (χ0n) is 25.3. The van der Waals surface area contributed by atoms with Crippen molar-refractivity contribution in [3.05, 3.63) is 77.9 Å². The van der Waals surface area contributed by atoms with E-state index in [9.17, 15) is 15.0 Å². The Balaban J connectivity index is 1.64. The zero-order chi connectivity index (χ0) is 31.2. The number of esters is 1. The van der Waals surface area contributed by atoms with Gasteiger partial charge in [-0.2, -0.15) is 25.7 Å². The maximum absolute atomic E-state index is 12.7. The maximum Gasteiger partial charge on any atom is 0.311 e. The van der Waals surface area contributed by atoms with Crippen molar-refractivity contribution < 1.29 is 19.7 Å². The number of hydrogen-bond donors (Lipinski definition) is 2. The van der Waals surface area contributed by atoms with Gasteiger partial charge < -0.3 is 19.8 Å². The van der Waals surface area contributed by atoms with E-state index in [0.717, 1.165) is 24.1 Å². The van der Waals surface area contributed by atoms with E-state index in [1.165, 1.54) is 0 Å². The minimum absolute atomic E-state index is 0.167. The van der Waals surface area contributed by atoms with E-state index in [1.54, 1.807) is 30.3 Å². The standard InChI is InChI=1S/C33H40N6O4/c1-5-17-33(4,6-2)32(42)43-19-18-39(22-30(41)23-40)29-14-11-27(12-15-29)36-38-31-16-13-28(20-24(31)3)37-35-26-9-7-25(21-34)8-10-26/h7-16,20,30,40-41H,5-6,17-19,22-23H2,1-4H3/b37-35+,38-36+. The van der Waals surface area contributed by atoms with E-state index in [4.69, 9.17) is 10.00 Å². The van der Waals surface area contributed by atoms with Gasteiger partial charge in [-0.15, -0.1) is 0 Å². The Bertz CT molecular complexity index is 1430. The molecule has 2 atom stereocenters. The van der Waals surface area contributed by atoms with Crippen molar-refractivity contribution in [1.29, 1.82) is 5.26 Å². The second-order valence-corrected chi connectivity index (χ2v) is 10.6. The lowest BCUT2D eigenvalue weighted by Crippen LogP contribution is -2.38. The van der Waals surface area contributed by atoms with E-state index < -0.39 is 11.5 Å². The number of nitriles is 1. The molecule has 0 aliphatic heterocycles. The summed E-state index contributed by atoms with van der Waals surface area (Å²) in [6, 6.07) is 21.8. The van der Waals surface area contributed by atoms with Crippen LogP contribution in [0, 0.1) is 23.7 Å². The molecule has 0 aliphatic rings. The van der Waals surface area contributed by atoms with Gasteiger partial charge >= 0.3 is 5.97 Å². The molecule has 0 spiro atoms. The van der Waals surface area contributed by atoms with Crippen molar-refractivity contribution in [2.24, 2.45) is 25.9 Å². The number of aryl methyl sites for hydroxylation is 1. The van der Waals surface area contributed by atoms with E-state index in [1.807, 2.05) is 62.1 Å². The Morgan fingerprint density at radius 2 is 1.58 bits per heavy atom. The monoisotopic (exact) mass is 584 g/mol. The first-order chi connectivity index (χ1) is 20.7. The Morgan fingerprint density at radius 3 is 2.16 bits per heavy atom. The zero-order valence-corrected chi connectivity index (χ0v) is 25.3. The van der Waals surface area contributed by atoms with Gasteiger partial charge in [0.2, 0.25) is 0 Å². The lowest BCUT2D eigenvalue weighted by Gasteiger charge is -2.29. The summed E-state index contributed by atoms with van der Waals surface area (Å²) in [5.74, 6) is -0.215. The highest BCUT2D eigenvalue weighted by atomic mass is 16.5. The Labute approximate surface area is 253 Å². The SMILES string of the molecule is CCCC(C)(CC)C(=O)OCCN(CC(O)CO)c1ccc(/N=N/c2ccc(/N=N/c3ccc(C#N)cc3)cc2C)cc1. The molecule has 0 aromatic heterocycles. The number of carbonyl (C=O) groups excluding carboxylic acids is 1. The van der Waals surface area contributed by atoms with Gasteiger partial charge in [-0.25, -0.2) is 0 Å². The van der Waals surface area contributed by atoms with Crippen LogP contribution < -0.4 is 4.90 Å². The number of aliphatic hydroxyl groups is 2. The predicted octanol–water partition coefficient (Wildman–Crippen LogP) is 7.62. The summed E-state index contributed by atoms with van der Waals surface area (Å²) < 4.78 is 5.61. The van der Waals surface area contributed by atoms with Gasteiger partial charge in [0.05, 0.1) is 59.1 Å². The first-order valence-electron chi connectivity index (χ1n) is 14.5. The lowest BCUT2D eigenvalue weighted by atomic mass is 9.83. The lowest BCUT2D eigenvalue weighted by molar-refractivity contribution is -0.155. The fraction of sp³-hybridized carbons (Fsp3) is 0.394. The molecular weight excluding hydrogens is 544 g/mol. The van der Waals surface area contributed by atoms with Gasteiger partial charge in [-0.1, -0.05) is 20.3 Å². The molecular formula is C33H40N6O4. The van der Waals surface area contributed by atoms with Gasteiger partial charge in [0, 0.05) is 12.2 Å². The Morgan fingerprint density at radius 1 is 0.977 bits per heavy atom. The average Bonchev–Trinajstić information content (AvgIpc) is 3.03. The van der Waals surface area contributed by atoms with Crippen molar-refractivity contribution in [3.63, 3.8) is 0 Å². The second-order valence-electron chi connectivity index (χ2n) is 10.6. The molecule has 3 aromatic carbocycles. The van der Waals surface area contributed by atoms with Crippen LogP contribution in [0.3, 0.4) is 0 Å². The number of hydrogen-bond acceptors (Lipinski definition) is 10. The van der Waals surface area contributed by atoms with Gasteiger partial charge in [0.1, 0.15) is 6.61 Å². The molecule has 0 amide bonds. The largest absolute Gasteiger partial charge is 0.463 e. The minimum Gasteiger partial charge on any atom is -0.463 e. The smallest absolute Gasteiger partial charge is 0.311 e. The number of ether oxygens (including phenoxy) is 1. The molecule has 2 unspecified atom stereocenters. The number of aliphatic hydroxyl groups excluding tert-OH is 2. The first-order valence-corrected chi connectivity index (χ1v) is 14.5. The molecule has 0 saturated heterocycles. The molecule has 0 heterocycles. The molecule has 0 saturated carbocycles. The third kappa shape index (κ3) is 9.81. The Kier molecular flexibility index (Phi) is 12.5. The van der Waals surface area contributed by atoms with Crippen molar-refractivity contribution in [1.82, 2.24) is 0 Å². The number of anilines is 1. The molecule has 0 radical (unpaired) electrons.